The number of halogens is 3. The molecule has 5 heteroatoms. The Labute approximate surface area is 119 Å². The summed E-state index contributed by atoms with van der Waals surface area (Å²) < 4.78 is 37.3. The lowest BCUT2D eigenvalue weighted by Crippen LogP contribution is -2.05. The maximum absolute atomic E-state index is 12.4. The molecule has 2 rings (SSSR count). The van der Waals surface area contributed by atoms with E-state index in [4.69, 9.17) is 0 Å². The van der Waals surface area contributed by atoms with Gasteiger partial charge >= 0.3 is 6.18 Å². The normalized spacial score (nSPS) is 11.4. The van der Waals surface area contributed by atoms with Crippen LogP contribution < -0.4 is 0 Å². The molecule has 0 aliphatic rings. The summed E-state index contributed by atoms with van der Waals surface area (Å²) in [6.45, 7) is 0. The molecule has 0 atom stereocenters. The van der Waals surface area contributed by atoms with Crippen molar-refractivity contribution in [3.63, 3.8) is 0 Å². The lowest BCUT2D eigenvalue weighted by atomic mass is 10.0. The molecule has 2 aromatic rings. The van der Waals surface area contributed by atoms with Crippen LogP contribution in [0.25, 0.3) is 0 Å². The number of hydrogen-bond donors (Lipinski definition) is 1. The maximum Gasteiger partial charge on any atom is 0.416 e. The lowest BCUT2D eigenvalue weighted by molar-refractivity contribution is -0.137. The van der Waals surface area contributed by atoms with Crippen LogP contribution >= 0.6 is 0 Å². The highest BCUT2D eigenvalue weighted by atomic mass is 19.4. The SMILES string of the molecule is O=C(CCc1ccc(C(F)(F)F)cc1)c1ccccc1O. The second kappa shape index (κ2) is 5.99. The first-order chi connectivity index (χ1) is 9.88. The lowest BCUT2D eigenvalue weighted by Gasteiger charge is -2.07. The number of Topliss-reactive ketones (excluding diaryl/α,β-unsaturated/α-hetero) is 1. The second-order valence-corrected chi connectivity index (χ2v) is 4.64. The maximum atomic E-state index is 12.4. The van der Waals surface area contributed by atoms with Crippen molar-refractivity contribution in [2.75, 3.05) is 0 Å². The van der Waals surface area contributed by atoms with Crippen LogP contribution in [0, 0.1) is 0 Å². The van der Waals surface area contributed by atoms with Gasteiger partial charge in [-0.15, -0.1) is 0 Å². The zero-order valence-corrected chi connectivity index (χ0v) is 11.0. The summed E-state index contributed by atoms with van der Waals surface area (Å²) in [5.74, 6) is -0.331. The van der Waals surface area contributed by atoms with Crippen LogP contribution in [-0.2, 0) is 12.6 Å². The van der Waals surface area contributed by atoms with E-state index in [1.807, 2.05) is 0 Å². The van der Waals surface area contributed by atoms with Gasteiger partial charge in [0.05, 0.1) is 11.1 Å². The fraction of sp³-hybridized carbons (Fsp3) is 0.188. The highest BCUT2D eigenvalue weighted by molar-refractivity contribution is 5.98. The number of ketones is 1. The van der Waals surface area contributed by atoms with Crippen molar-refractivity contribution < 1.29 is 23.1 Å². The fourth-order valence-electron chi connectivity index (χ4n) is 1.96. The Morgan fingerprint density at radius 1 is 1.00 bits per heavy atom. The van der Waals surface area contributed by atoms with Gasteiger partial charge in [-0.2, -0.15) is 13.2 Å². The number of carbonyl (C=O) groups excluding carboxylic acids is 1. The first kappa shape index (κ1) is 15.1. The third kappa shape index (κ3) is 3.84. The minimum Gasteiger partial charge on any atom is -0.507 e. The third-order valence-corrected chi connectivity index (χ3v) is 3.13. The van der Waals surface area contributed by atoms with Gasteiger partial charge in [0.2, 0.25) is 0 Å². The van der Waals surface area contributed by atoms with E-state index >= 15 is 0 Å². The molecule has 2 aromatic carbocycles. The topological polar surface area (TPSA) is 37.3 Å². The zero-order chi connectivity index (χ0) is 15.5. The molecule has 0 spiro atoms. The average Bonchev–Trinajstić information content (AvgIpc) is 2.45. The Bertz CT molecular complexity index is 631. The highest BCUT2D eigenvalue weighted by Gasteiger charge is 2.29. The summed E-state index contributed by atoms with van der Waals surface area (Å²) in [7, 11) is 0. The number of alkyl halides is 3. The molecule has 21 heavy (non-hydrogen) atoms. The predicted octanol–water partition coefficient (Wildman–Crippen LogP) is 4.23. The van der Waals surface area contributed by atoms with Crippen molar-refractivity contribution in [1.82, 2.24) is 0 Å². The molecule has 0 fully saturated rings. The fourth-order valence-corrected chi connectivity index (χ4v) is 1.96. The van der Waals surface area contributed by atoms with Gasteiger partial charge in [0, 0.05) is 6.42 Å². The number of benzene rings is 2. The Morgan fingerprint density at radius 2 is 1.62 bits per heavy atom. The van der Waals surface area contributed by atoms with Crippen LogP contribution in [0.3, 0.4) is 0 Å². The summed E-state index contributed by atoms with van der Waals surface area (Å²) in [4.78, 5) is 11.9. The van der Waals surface area contributed by atoms with Gasteiger partial charge in [-0.3, -0.25) is 4.79 Å². The van der Waals surface area contributed by atoms with Crippen LogP contribution in [0.1, 0.15) is 27.9 Å². The molecule has 1 N–H and O–H groups in total. The smallest absolute Gasteiger partial charge is 0.416 e. The van der Waals surface area contributed by atoms with E-state index in [-0.39, 0.29) is 23.5 Å². The van der Waals surface area contributed by atoms with Crippen LogP contribution in [0.2, 0.25) is 0 Å². The number of phenols is 1. The molecule has 0 aliphatic heterocycles. The van der Waals surface area contributed by atoms with Crippen LogP contribution in [0.4, 0.5) is 13.2 Å². The average molecular weight is 294 g/mol. The molecule has 110 valence electrons. The minimum atomic E-state index is -4.36. The molecule has 0 unspecified atom stereocenters. The van der Waals surface area contributed by atoms with Crippen LogP contribution in [0.15, 0.2) is 48.5 Å². The Hall–Kier alpha value is -2.30. The summed E-state index contributed by atoms with van der Waals surface area (Å²) in [5.41, 5.74) is 0.162. The number of aromatic hydroxyl groups is 1. The summed E-state index contributed by atoms with van der Waals surface area (Å²) in [6, 6.07) is 10.9. The molecule has 0 radical (unpaired) electrons. The van der Waals surface area contributed by atoms with E-state index < -0.39 is 11.7 Å². The van der Waals surface area contributed by atoms with E-state index in [1.165, 1.54) is 24.3 Å². The van der Waals surface area contributed by atoms with Crippen molar-refractivity contribution in [2.24, 2.45) is 0 Å². The number of phenolic OH excluding ortho intramolecular Hbond substituents is 1. The van der Waals surface area contributed by atoms with Crippen molar-refractivity contribution >= 4 is 5.78 Å². The standard InChI is InChI=1S/C16H13F3O2/c17-16(18,19)12-8-5-11(6-9-12)7-10-15(21)13-3-1-2-4-14(13)20/h1-6,8-9,20H,7,10H2. The molecular weight excluding hydrogens is 281 g/mol. The van der Waals surface area contributed by atoms with Crippen molar-refractivity contribution in [3.8, 4) is 5.75 Å². The van der Waals surface area contributed by atoms with E-state index in [0.29, 0.717) is 12.0 Å². The predicted molar refractivity (Wildman–Crippen MR) is 72.2 cm³/mol. The molecule has 0 saturated heterocycles. The molecule has 0 heterocycles. The van der Waals surface area contributed by atoms with Gasteiger partial charge in [-0.1, -0.05) is 24.3 Å². The number of rotatable bonds is 4. The second-order valence-electron chi connectivity index (χ2n) is 4.64. The molecule has 2 nitrogen and oxygen atoms in total. The first-order valence-corrected chi connectivity index (χ1v) is 6.35. The number of carbonyl (C=O) groups is 1. The molecule has 0 saturated carbocycles. The quantitative estimate of drug-likeness (QED) is 0.857. The Kier molecular flexibility index (Phi) is 4.31. The van der Waals surface area contributed by atoms with Gasteiger partial charge in [-0.05, 0) is 36.2 Å². The van der Waals surface area contributed by atoms with Crippen molar-refractivity contribution in [1.29, 1.82) is 0 Å². The largest absolute Gasteiger partial charge is 0.507 e. The van der Waals surface area contributed by atoms with E-state index in [2.05, 4.69) is 0 Å². The van der Waals surface area contributed by atoms with Gasteiger partial charge in [0.25, 0.3) is 0 Å². The van der Waals surface area contributed by atoms with Gasteiger partial charge in [0.1, 0.15) is 5.75 Å². The van der Waals surface area contributed by atoms with Gasteiger partial charge in [0.15, 0.2) is 5.78 Å². The molecule has 0 aromatic heterocycles. The summed E-state index contributed by atoms with van der Waals surface area (Å²) in [5, 5.41) is 9.56. The number of para-hydroxylation sites is 1. The van der Waals surface area contributed by atoms with Gasteiger partial charge in [-0.25, -0.2) is 0 Å². The van der Waals surface area contributed by atoms with E-state index in [9.17, 15) is 23.1 Å². The molecule has 0 aliphatic carbocycles. The molecule has 0 bridgehead atoms. The van der Waals surface area contributed by atoms with Crippen molar-refractivity contribution in [2.45, 2.75) is 19.0 Å². The number of aryl methyl sites for hydroxylation is 1. The first-order valence-electron chi connectivity index (χ1n) is 6.35. The summed E-state index contributed by atoms with van der Waals surface area (Å²) in [6.07, 6.45) is -3.90. The van der Waals surface area contributed by atoms with Crippen molar-refractivity contribution in [3.05, 3.63) is 65.2 Å². The Morgan fingerprint density at radius 3 is 2.19 bits per heavy atom. The zero-order valence-electron chi connectivity index (χ0n) is 11.0. The number of hydrogen-bond acceptors (Lipinski definition) is 2. The third-order valence-electron chi connectivity index (χ3n) is 3.13. The van der Waals surface area contributed by atoms with Crippen LogP contribution in [0.5, 0.6) is 5.75 Å². The molecule has 0 amide bonds. The Balaban J connectivity index is 2.00. The summed E-state index contributed by atoms with van der Waals surface area (Å²) >= 11 is 0. The van der Waals surface area contributed by atoms with Crippen LogP contribution in [-0.4, -0.2) is 10.9 Å². The highest BCUT2D eigenvalue weighted by Crippen LogP contribution is 2.29. The molecular formula is C16H13F3O2. The van der Waals surface area contributed by atoms with E-state index in [0.717, 1.165) is 12.1 Å². The monoisotopic (exact) mass is 294 g/mol. The van der Waals surface area contributed by atoms with Gasteiger partial charge < -0.3 is 5.11 Å². The van der Waals surface area contributed by atoms with E-state index in [1.54, 1.807) is 12.1 Å². The minimum absolute atomic E-state index is 0.0880.